The van der Waals surface area contributed by atoms with Crippen molar-refractivity contribution < 1.29 is 47.9 Å². The molecule has 3 aromatic carbocycles. The summed E-state index contributed by atoms with van der Waals surface area (Å²) in [6, 6.07) is 17.5. The molecule has 6 N–H and O–H groups in total. The SMILES string of the molecule is O.O.[Ni+2].[O-]c1cc(O)ccc1C=NCCN=C(c1ccccc1)c1ccc(O)cc1[O-]. The predicted octanol–water partition coefficient (Wildman–Crippen LogP) is 0.550. The number of nitrogens with zero attached hydrogens (tertiary/aromatic N) is 2. The van der Waals surface area contributed by atoms with Gasteiger partial charge in [-0.3, -0.25) is 9.98 Å². The Kier molecular flexibility index (Phi) is 11.6. The maximum Gasteiger partial charge on any atom is 2.00 e. The monoisotopic (exact) mass is 468 g/mol. The average Bonchev–Trinajstić information content (AvgIpc) is 2.68. The molecule has 0 atom stereocenters. The van der Waals surface area contributed by atoms with Crippen LogP contribution >= 0.6 is 0 Å². The van der Waals surface area contributed by atoms with Crippen LogP contribution in [0.25, 0.3) is 0 Å². The molecule has 3 aromatic rings. The van der Waals surface area contributed by atoms with E-state index in [0.717, 1.165) is 17.7 Å². The van der Waals surface area contributed by atoms with Crippen LogP contribution in [0.1, 0.15) is 16.7 Å². The molecular weight excluding hydrogens is 447 g/mol. The zero-order valence-electron chi connectivity index (χ0n) is 16.3. The minimum Gasteiger partial charge on any atom is -0.872 e. The van der Waals surface area contributed by atoms with Crippen LogP contribution in [0.15, 0.2) is 76.7 Å². The van der Waals surface area contributed by atoms with Gasteiger partial charge in [-0.1, -0.05) is 47.9 Å². The standard InChI is InChI=1S/C22H20N2O4.Ni.2H2O/c25-17-7-6-16(20(27)12-17)14-23-10-11-24-22(15-4-2-1-3-5-15)19-9-8-18(26)13-21(19)28;;;/h1-9,12-14,25-28H,10-11H2;;2*1H2/q;+2;;/p-2. The van der Waals surface area contributed by atoms with E-state index in [1.165, 1.54) is 24.4 Å². The minimum atomic E-state index is -0.314. The van der Waals surface area contributed by atoms with Crippen molar-refractivity contribution in [3.05, 3.63) is 83.4 Å². The van der Waals surface area contributed by atoms with Crippen LogP contribution < -0.4 is 10.2 Å². The van der Waals surface area contributed by atoms with Gasteiger partial charge in [-0.15, -0.1) is 0 Å². The van der Waals surface area contributed by atoms with Crippen LogP contribution in [-0.4, -0.2) is 46.2 Å². The van der Waals surface area contributed by atoms with E-state index in [-0.39, 0.29) is 50.4 Å². The van der Waals surface area contributed by atoms with Crippen molar-refractivity contribution in [1.82, 2.24) is 0 Å². The second kappa shape index (κ2) is 13.0. The van der Waals surface area contributed by atoms with E-state index in [2.05, 4.69) is 9.98 Å². The minimum absolute atomic E-state index is 0. The molecule has 0 amide bonds. The third-order valence-corrected chi connectivity index (χ3v) is 3.99. The van der Waals surface area contributed by atoms with Gasteiger partial charge in [0.1, 0.15) is 11.5 Å². The topological polar surface area (TPSA) is 174 Å². The van der Waals surface area contributed by atoms with E-state index in [1.54, 1.807) is 6.07 Å². The molecule has 0 spiro atoms. The number of hydrogen-bond donors (Lipinski definition) is 2. The summed E-state index contributed by atoms with van der Waals surface area (Å²) in [6.45, 7) is 0.635. The Bertz CT molecular complexity index is 1030. The molecule has 0 saturated carbocycles. The van der Waals surface area contributed by atoms with E-state index in [9.17, 15) is 20.4 Å². The molecule has 0 heterocycles. The van der Waals surface area contributed by atoms with Crippen molar-refractivity contribution in [2.75, 3.05) is 13.1 Å². The largest absolute Gasteiger partial charge is 2.00 e. The summed E-state index contributed by atoms with van der Waals surface area (Å²) in [5.74, 6) is -0.793. The van der Waals surface area contributed by atoms with Gasteiger partial charge in [0.15, 0.2) is 0 Å². The first-order valence-electron chi connectivity index (χ1n) is 8.65. The number of phenolic OH excluding ortho intramolecular Hbond substituents is 2. The Labute approximate surface area is 189 Å². The van der Waals surface area contributed by atoms with Gasteiger partial charge in [0, 0.05) is 11.8 Å². The fraction of sp³-hybridized carbons (Fsp3) is 0.0909. The van der Waals surface area contributed by atoms with E-state index < -0.39 is 0 Å². The normalized spacial score (nSPS) is 10.6. The molecule has 0 fully saturated rings. The summed E-state index contributed by atoms with van der Waals surface area (Å²) in [4.78, 5) is 8.72. The van der Waals surface area contributed by atoms with Crippen molar-refractivity contribution in [2.24, 2.45) is 9.98 Å². The average molecular weight is 469 g/mol. The fourth-order valence-corrected chi connectivity index (χ4v) is 2.65. The quantitative estimate of drug-likeness (QED) is 0.305. The molecule has 166 valence electrons. The summed E-state index contributed by atoms with van der Waals surface area (Å²) in [7, 11) is 0. The van der Waals surface area contributed by atoms with Gasteiger partial charge in [-0.25, -0.2) is 0 Å². The van der Waals surface area contributed by atoms with Crippen molar-refractivity contribution in [1.29, 1.82) is 0 Å². The van der Waals surface area contributed by atoms with Crippen molar-refractivity contribution >= 4 is 11.9 Å². The third-order valence-electron chi connectivity index (χ3n) is 3.99. The maximum absolute atomic E-state index is 12.3. The van der Waals surface area contributed by atoms with Crippen molar-refractivity contribution in [2.45, 2.75) is 0 Å². The summed E-state index contributed by atoms with van der Waals surface area (Å²) in [5.41, 5.74) is 2.09. The molecule has 0 aliphatic carbocycles. The van der Waals surface area contributed by atoms with Crippen molar-refractivity contribution in [3.63, 3.8) is 0 Å². The Hall–Kier alpha value is -3.39. The van der Waals surface area contributed by atoms with Crippen LogP contribution in [-0.2, 0) is 16.5 Å². The summed E-state index contributed by atoms with van der Waals surface area (Å²) in [5, 5.41) is 42.7. The van der Waals surface area contributed by atoms with Crippen LogP contribution in [0, 0.1) is 0 Å². The molecule has 0 saturated heterocycles. The van der Waals surface area contributed by atoms with Gasteiger partial charge in [-0.05, 0) is 41.5 Å². The second-order valence-corrected chi connectivity index (χ2v) is 6.03. The van der Waals surface area contributed by atoms with Crippen LogP contribution in [0.2, 0.25) is 0 Å². The number of aliphatic imine (C=N–C) groups is 2. The predicted molar refractivity (Wildman–Crippen MR) is 112 cm³/mol. The molecule has 0 aliphatic rings. The molecule has 0 radical (unpaired) electrons. The number of benzene rings is 3. The van der Waals surface area contributed by atoms with Crippen LogP contribution in [0.5, 0.6) is 23.0 Å². The fourth-order valence-electron chi connectivity index (χ4n) is 2.65. The molecular formula is C22H22N2NiO6. The van der Waals surface area contributed by atoms with Gasteiger partial charge in [0.05, 0.1) is 18.8 Å². The first kappa shape index (κ1) is 27.6. The van der Waals surface area contributed by atoms with E-state index in [0.29, 0.717) is 29.9 Å². The zero-order valence-corrected chi connectivity index (χ0v) is 17.3. The summed E-state index contributed by atoms with van der Waals surface area (Å²) in [6.07, 6.45) is 1.44. The first-order valence-corrected chi connectivity index (χ1v) is 8.65. The Morgan fingerprint density at radius 1 is 0.806 bits per heavy atom. The second-order valence-electron chi connectivity index (χ2n) is 6.03. The number of rotatable bonds is 6. The number of aromatic hydroxyl groups is 2. The molecule has 0 aromatic heterocycles. The van der Waals surface area contributed by atoms with Gasteiger partial charge < -0.3 is 31.4 Å². The molecule has 0 aliphatic heterocycles. The molecule has 31 heavy (non-hydrogen) atoms. The van der Waals surface area contributed by atoms with Crippen LogP contribution in [0.4, 0.5) is 0 Å². The first-order chi connectivity index (χ1) is 13.5. The number of phenols is 2. The Morgan fingerprint density at radius 2 is 1.42 bits per heavy atom. The summed E-state index contributed by atoms with van der Waals surface area (Å²) >= 11 is 0. The summed E-state index contributed by atoms with van der Waals surface area (Å²) < 4.78 is 0. The Morgan fingerprint density at radius 3 is 2.03 bits per heavy atom. The Balaban J connectivity index is 0.00000300. The number of hydrogen-bond acceptors (Lipinski definition) is 6. The van der Waals surface area contributed by atoms with E-state index in [4.69, 9.17) is 0 Å². The van der Waals surface area contributed by atoms with Gasteiger partial charge in [0.25, 0.3) is 0 Å². The zero-order chi connectivity index (χ0) is 19.9. The maximum atomic E-state index is 12.3. The molecule has 0 unspecified atom stereocenters. The molecule has 3 rings (SSSR count). The van der Waals surface area contributed by atoms with Gasteiger partial charge in [0.2, 0.25) is 0 Å². The van der Waals surface area contributed by atoms with Gasteiger partial charge >= 0.3 is 16.5 Å². The van der Waals surface area contributed by atoms with Gasteiger partial charge in [-0.2, -0.15) is 0 Å². The van der Waals surface area contributed by atoms with E-state index >= 15 is 0 Å². The third kappa shape index (κ3) is 7.42. The van der Waals surface area contributed by atoms with E-state index in [1.807, 2.05) is 30.3 Å². The molecule has 8 nitrogen and oxygen atoms in total. The molecule has 9 heteroatoms. The van der Waals surface area contributed by atoms with Crippen LogP contribution in [0.3, 0.4) is 0 Å². The van der Waals surface area contributed by atoms with Crippen molar-refractivity contribution in [3.8, 4) is 23.0 Å². The smallest absolute Gasteiger partial charge is 0.872 e. The molecule has 0 bridgehead atoms.